The van der Waals surface area contributed by atoms with Crippen molar-refractivity contribution in [1.82, 2.24) is 5.32 Å². The Hall–Kier alpha value is -1.62. The first-order valence-corrected chi connectivity index (χ1v) is 6.66. The van der Waals surface area contributed by atoms with Crippen LogP contribution in [0.1, 0.15) is 45.8 Å². The van der Waals surface area contributed by atoms with E-state index in [0.717, 1.165) is 6.42 Å². The van der Waals surface area contributed by atoms with Crippen molar-refractivity contribution in [2.75, 3.05) is 6.61 Å². The zero-order valence-electron chi connectivity index (χ0n) is 12.4. The zero-order valence-corrected chi connectivity index (χ0v) is 12.4. The van der Waals surface area contributed by atoms with Crippen LogP contribution in [0.4, 0.5) is 4.39 Å². The van der Waals surface area contributed by atoms with Crippen molar-refractivity contribution in [3.63, 3.8) is 0 Å². The third kappa shape index (κ3) is 4.81. The van der Waals surface area contributed by atoms with Gasteiger partial charge in [0.05, 0.1) is 6.10 Å². The van der Waals surface area contributed by atoms with E-state index in [9.17, 15) is 14.3 Å². The average Bonchev–Trinajstić information content (AvgIpc) is 2.36. The molecule has 1 aromatic rings. The Morgan fingerprint density at radius 3 is 2.65 bits per heavy atom. The van der Waals surface area contributed by atoms with Crippen molar-refractivity contribution in [3.8, 4) is 5.75 Å². The van der Waals surface area contributed by atoms with Gasteiger partial charge >= 0.3 is 0 Å². The molecule has 0 aliphatic carbocycles. The molecule has 0 fully saturated rings. The van der Waals surface area contributed by atoms with Crippen molar-refractivity contribution in [2.24, 2.45) is 0 Å². The number of aliphatic hydroxyl groups is 1. The molecular formula is C15H22FNO3. The second kappa shape index (κ2) is 6.70. The molecule has 20 heavy (non-hydrogen) atoms. The zero-order chi connectivity index (χ0) is 15.3. The van der Waals surface area contributed by atoms with E-state index in [1.807, 2.05) is 20.8 Å². The summed E-state index contributed by atoms with van der Waals surface area (Å²) >= 11 is 0. The summed E-state index contributed by atoms with van der Waals surface area (Å²) in [6, 6.07) is 4.18. The number of hydrogen-bond donors (Lipinski definition) is 2. The quantitative estimate of drug-likeness (QED) is 0.843. The minimum Gasteiger partial charge on any atom is -0.481 e. The molecule has 1 unspecified atom stereocenters. The lowest BCUT2D eigenvalue weighted by molar-refractivity contribution is -0.124. The fraction of sp³-hybridized carbons (Fsp3) is 0.533. The molecule has 112 valence electrons. The molecule has 0 aromatic heterocycles. The molecule has 0 radical (unpaired) electrons. The maximum atomic E-state index is 13.7. The number of aliphatic hydroxyl groups excluding tert-OH is 1. The minimum atomic E-state index is -0.743. The van der Waals surface area contributed by atoms with Crippen LogP contribution in [0.2, 0.25) is 0 Å². The van der Waals surface area contributed by atoms with Crippen LogP contribution in [-0.4, -0.2) is 23.2 Å². The fourth-order valence-corrected chi connectivity index (χ4v) is 1.54. The Labute approximate surface area is 119 Å². The summed E-state index contributed by atoms with van der Waals surface area (Å²) in [7, 11) is 0. The Kier molecular flexibility index (Phi) is 5.51. The number of nitrogens with one attached hydrogen (secondary N) is 1. The van der Waals surface area contributed by atoms with Gasteiger partial charge in [-0.2, -0.15) is 0 Å². The first-order chi connectivity index (χ1) is 9.25. The molecule has 1 amide bonds. The molecule has 0 saturated heterocycles. The summed E-state index contributed by atoms with van der Waals surface area (Å²) in [4.78, 5) is 11.7. The molecule has 0 aliphatic rings. The van der Waals surface area contributed by atoms with Gasteiger partial charge in [0.1, 0.15) is 0 Å². The SMILES string of the molecule is CCC(C)(C)NC(=O)COc1ccc(C(C)O)cc1F. The summed E-state index contributed by atoms with van der Waals surface area (Å²) in [6.07, 6.45) is 0.0446. The molecule has 5 heteroatoms. The highest BCUT2D eigenvalue weighted by Gasteiger charge is 2.18. The molecule has 1 atom stereocenters. The van der Waals surface area contributed by atoms with Crippen LogP contribution in [0, 0.1) is 5.82 Å². The van der Waals surface area contributed by atoms with Gasteiger partial charge in [0, 0.05) is 5.54 Å². The molecule has 0 aliphatic heterocycles. The normalized spacial score (nSPS) is 12.9. The minimum absolute atomic E-state index is 0.00106. The van der Waals surface area contributed by atoms with E-state index < -0.39 is 11.9 Å². The van der Waals surface area contributed by atoms with Crippen LogP contribution in [0.15, 0.2) is 18.2 Å². The summed E-state index contributed by atoms with van der Waals surface area (Å²) in [6.45, 7) is 7.09. The number of carbonyl (C=O) groups is 1. The topological polar surface area (TPSA) is 58.6 Å². The Morgan fingerprint density at radius 1 is 1.50 bits per heavy atom. The van der Waals surface area contributed by atoms with Gasteiger partial charge in [0.15, 0.2) is 18.2 Å². The van der Waals surface area contributed by atoms with Gasteiger partial charge in [-0.15, -0.1) is 0 Å². The number of amides is 1. The summed E-state index contributed by atoms with van der Waals surface area (Å²) in [5.74, 6) is -0.888. The Bertz CT molecular complexity index is 472. The lowest BCUT2D eigenvalue weighted by atomic mass is 10.0. The second-order valence-corrected chi connectivity index (χ2v) is 5.44. The number of halogens is 1. The van der Waals surface area contributed by atoms with E-state index in [4.69, 9.17) is 4.74 Å². The van der Waals surface area contributed by atoms with Gasteiger partial charge in [-0.3, -0.25) is 4.79 Å². The van der Waals surface area contributed by atoms with E-state index in [1.165, 1.54) is 12.1 Å². The van der Waals surface area contributed by atoms with Crippen LogP contribution < -0.4 is 10.1 Å². The van der Waals surface area contributed by atoms with Crippen molar-refractivity contribution in [2.45, 2.75) is 45.8 Å². The lowest BCUT2D eigenvalue weighted by Gasteiger charge is -2.24. The standard InChI is InChI=1S/C15H22FNO3/c1-5-15(3,4)17-14(19)9-20-13-7-6-11(10(2)18)8-12(13)16/h6-8,10,18H,5,9H2,1-4H3,(H,17,19). The van der Waals surface area contributed by atoms with Crippen molar-refractivity contribution in [1.29, 1.82) is 0 Å². The highest BCUT2D eigenvalue weighted by atomic mass is 19.1. The average molecular weight is 283 g/mol. The molecule has 0 spiro atoms. The van der Waals surface area contributed by atoms with Gasteiger partial charge in [-0.25, -0.2) is 4.39 Å². The van der Waals surface area contributed by atoms with E-state index in [2.05, 4.69) is 5.32 Å². The smallest absolute Gasteiger partial charge is 0.258 e. The van der Waals surface area contributed by atoms with Gasteiger partial charge in [-0.05, 0) is 44.9 Å². The molecular weight excluding hydrogens is 261 g/mol. The first kappa shape index (κ1) is 16.4. The molecule has 0 bridgehead atoms. The van der Waals surface area contributed by atoms with E-state index >= 15 is 0 Å². The highest BCUT2D eigenvalue weighted by molar-refractivity contribution is 5.78. The van der Waals surface area contributed by atoms with Crippen molar-refractivity contribution in [3.05, 3.63) is 29.6 Å². The van der Waals surface area contributed by atoms with Crippen LogP contribution in [0.3, 0.4) is 0 Å². The van der Waals surface area contributed by atoms with Gasteiger partial charge in [0.25, 0.3) is 5.91 Å². The maximum absolute atomic E-state index is 13.7. The van der Waals surface area contributed by atoms with Crippen LogP contribution in [0.25, 0.3) is 0 Å². The third-order valence-electron chi connectivity index (χ3n) is 3.16. The predicted octanol–water partition coefficient (Wildman–Crippen LogP) is 2.56. The van der Waals surface area contributed by atoms with Crippen LogP contribution in [-0.2, 0) is 4.79 Å². The van der Waals surface area contributed by atoms with E-state index in [-0.39, 0.29) is 23.8 Å². The Balaban J connectivity index is 2.60. The fourth-order valence-electron chi connectivity index (χ4n) is 1.54. The summed E-state index contributed by atoms with van der Waals surface area (Å²) < 4.78 is 18.9. The summed E-state index contributed by atoms with van der Waals surface area (Å²) in [5.41, 5.74) is 0.154. The van der Waals surface area contributed by atoms with E-state index in [0.29, 0.717) is 5.56 Å². The molecule has 1 aromatic carbocycles. The van der Waals surface area contributed by atoms with Gasteiger partial charge in [0.2, 0.25) is 0 Å². The third-order valence-corrected chi connectivity index (χ3v) is 3.16. The highest BCUT2D eigenvalue weighted by Crippen LogP contribution is 2.21. The number of hydrogen-bond acceptors (Lipinski definition) is 3. The van der Waals surface area contributed by atoms with Crippen molar-refractivity contribution >= 4 is 5.91 Å². The van der Waals surface area contributed by atoms with Crippen LogP contribution >= 0.6 is 0 Å². The summed E-state index contributed by atoms with van der Waals surface area (Å²) in [5, 5.41) is 12.1. The monoisotopic (exact) mass is 283 g/mol. The number of rotatable bonds is 6. The number of ether oxygens (including phenoxy) is 1. The maximum Gasteiger partial charge on any atom is 0.258 e. The predicted molar refractivity (Wildman–Crippen MR) is 75.0 cm³/mol. The van der Waals surface area contributed by atoms with Gasteiger partial charge in [-0.1, -0.05) is 13.0 Å². The number of benzene rings is 1. The molecule has 1 rings (SSSR count). The lowest BCUT2D eigenvalue weighted by Crippen LogP contribution is -2.44. The van der Waals surface area contributed by atoms with E-state index in [1.54, 1.807) is 13.0 Å². The molecule has 0 saturated carbocycles. The first-order valence-electron chi connectivity index (χ1n) is 6.66. The second-order valence-electron chi connectivity index (χ2n) is 5.44. The Morgan fingerprint density at radius 2 is 2.15 bits per heavy atom. The van der Waals surface area contributed by atoms with Gasteiger partial charge < -0.3 is 15.2 Å². The molecule has 0 heterocycles. The molecule has 4 nitrogen and oxygen atoms in total. The number of carbonyl (C=O) groups excluding carboxylic acids is 1. The molecule has 2 N–H and O–H groups in total. The van der Waals surface area contributed by atoms with Crippen molar-refractivity contribution < 1.29 is 19.0 Å². The van der Waals surface area contributed by atoms with Crippen LogP contribution in [0.5, 0.6) is 5.75 Å². The largest absolute Gasteiger partial charge is 0.481 e.